The molecule has 0 aliphatic heterocycles. The standard InChI is InChI=1S/C24H30N2O2S/c1-20-14-16-23(17-15-20)29(27,28)26-19-24(22-12-6-3-7-13-22)25-18-8-11-21-9-4-2-5-10-21/h2-4,6-7,10,12-17,24-26H,5,8-9,11,18-19H2,1H3/t24-/m0/s1. The van der Waals surface area contributed by atoms with Gasteiger partial charge in [0.2, 0.25) is 10.0 Å². The lowest BCUT2D eigenvalue weighted by atomic mass is 10.0. The van der Waals surface area contributed by atoms with E-state index in [9.17, 15) is 8.42 Å². The molecule has 3 rings (SSSR count). The fourth-order valence-electron chi connectivity index (χ4n) is 3.43. The highest BCUT2D eigenvalue weighted by Gasteiger charge is 2.18. The Balaban J connectivity index is 1.58. The first kappa shape index (κ1) is 21.5. The Morgan fingerprint density at radius 3 is 2.45 bits per heavy atom. The lowest BCUT2D eigenvalue weighted by molar-refractivity contribution is 0.505. The van der Waals surface area contributed by atoms with Crippen molar-refractivity contribution in [2.45, 2.75) is 43.5 Å². The van der Waals surface area contributed by atoms with Gasteiger partial charge in [0.05, 0.1) is 4.90 Å². The van der Waals surface area contributed by atoms with Crippen LogP contribution >= 0.6 is 0 Å². The van der Waals surface area contributed by atoms with Crippen LogP contribution in [0.15, 0.2) is 83.3 Å². The maximum absolute atomic E-state index is 12.7. The first-order chi connectivity index (χ1) is 14.0. The number of rotatable bonds is 10. The number of hydrogen-bond donors (Lipinski definition) is 2. The lowest BCUT2D eigenvalue weighted by Crippen LogP contribution is -2.35. The Labute approximate surface area is 174 Å². The third kappa shape index (κ3) is 6.67. The van der Waals surface area contributed by atoms with Crippen molar-refractivity contribution in [1.29, 1.82) is 0 Å². The van der Waals surface area contributed by atoms with Gasteiger partial charge in [-0.05, 0) is 56.8 Å². The SMILES string of the molecule is Cc1ccc(S(=O)(=O)NC[C@H](NCCCC2=CCC=CC2)c2ccccc2)cc1. The van der Waals surface area contributed by atoms with Gasteiger partial charge in [0.15, 0.2) is 0 Å². The van der Waals surface area contributed by atoms with E-state index in [1.807, 2.05) is 49.4 Å². The smallest absolute Gasteiger partial charge is 0.240 e. The van der Waals surface area contributed by atoms with Crippen molar-refractivity contribution in [3.05, 3.63) is 89.5 Å². The van der Waals surface area contributed by atoms with Crippen LogP contribution in [-0.4, -0.2) is 21.5 Å². The summed E-state index contributed by atoms with van der Waals surface area (Å²) in [6.45, 7) is 3.09. The van der Waals surface area contributed by atoms with E-state index in [1.54, 1.807) is 12.1 Å². The van der Waals surface area contributed by atoms with Gasteiger partial charge in [0.1, 0.15) is 0 Å². The molecule has 5 heteroatoms. The van der Waals surface area contributed by atoms with Gasteiger partial charge < -0.3 is 5.32 Å². The molecule has 0 fully saturated rings. The van der Waals surface area contributed by atoms with Crippen molar-refractivity contribution in [3.63, 3.8) is 0 Å². The summed E-state index contributed by atoms with van der Waals surface area (Å²) in [4.78, 5) is 0.298. The topological polar surface area (TPSA) is 58.2 Å². The maximum atomic E-state index is 12.7. The van der Waals surface area contributed by atoms with Crippen LogP contribution in [0.3, 0.4) is 0 Å². The molecule has 29 heavy (non-hydrogen) atoms. The van der Waals surface area contributed by atoms with E-state index in [0.29, 0.717) is 11.4 Å². The Hall–Kier alpha value is -2.21. The highest BCUT2D eigenvalue weighted by molar-refractivity contribution is 7.89. The summed E-state index contributed by atoms with van der Waals surface area (Å²) in [6, 6.07) is 16.9. The molecule has 0 spiro atoms. The molecular weight excluding hydrogens is 380 g/mol. The van der Waals surface area contributed by atoms with Crippen molar-refractivity contribution in [2.75, 3.05) is 13.1 Å². The Bertz CT molecular complexity index is 933. The number of sulfonamides is 1. The van der Waals surface area contributed by atoms with Crippen molar-refractivity contribution in [1.82, 2.24) is 10.0 Å². The minimum absolute atomic E-state index is 0.0725. The first-order valence-electron chi connectivity index (χ1n) is 10.2. The summed E-state index contributed by atoms with van der Waals surface area (Å²) in [6.07, 6.45) is 10.9. The second kappa shape index (κ2) is 10.5. The maximum Gasteiger partial charge on any atom is 0.240 e. The number of allylic oxidation sites excluding steroid dienone is 4. The van der Waals surface area contributed by atoms with Crippen LogP contribution in [0.1, 0.15) is 42.9 Å². The molecule has 0 bridgehead atoms. The second-order valence-electron chi connectivity index (χ2n) is 7.46. The molecule has 1 aliphatic rings. The van der Waals surface area contributed by atoms with Crippen molar-refractivity contribution < 1.29 is 8.42 Å². The second-order valence-corrected chi connectivity index (χ2v) is 9.23. The molecule has 0 radical (unpaired) electrons. The Kier molecular flexibility index (Phi) is 7.81. The van der Waals surface area contributed by atoms with Gasteiger partial charge >= 0.3 is 0 Å². The van der Waals surface area contributed by atoms with E-state index in [0.717, 1.165) is 43.4 Å². The van der Waals surface area contributed by atoms with Gasteiger partial charge in [0.25, 0.3) is 0 Å². The van der Waals surface area contributed by atoms with Gasteiger partial charge in [-0.15, -0.1) is 0 Å². The number of nitrogens with one attached hydrogen (secondary N) is 2. The number of aryl methyl sites for hydroxylation is 1. The number of benzene rings is 2. The zero-order valence-electron chi connectivity index (χ0n) is 17.0. The van der Waals surface area contributed by atoms with E-state index in [-0.39, 0.29) is 6.04 Å². The Morgan fingerprint density at radius 1 is 1.00 bits per heavy atom. The highest BCUT2D eigenvalue weighted by atomic mass is 32.2. The van der Waals surface area contributed by atoms with E-state index in [2.05, 4.69) is 28.3 Å². The van der Waals surface area contributed by atoms with Crippen LogP contribution in [-0.2, 0) is 10.0 Å². The molecule has 0 amide bonds. The van der Waals surface area contributed by atoms with Crippen LogP contribution < -0.4 is 10.0 Å². The predicted octanol–water partition coefficient (Wildman–Crippen LogP) is 4.66. The summed E-state index contributed by atoms with van der Waals surface area (Å²) in [5, 5.41) is 3.54. The number of hydrogen-bond acceptors (Lipinski definition) is 3. The van der Waals surface area contributed by atoms with Gasteiger partial charge in [0, 0.05) is 12.6 Å². The molecule has 2 N–H and O–H groups in total. The summed E-state index contributed by atoms with van der Waals surface area (Å²) >= 11 is 0. The minimum Gasteiger partial charge on any atom is -0.309 e. The van der Waals surface area contributed by atoms with Gasteiger partial charge in [-0.2, -0.15) is 0 Å². The zero-order valence-corrected chi connectivity index (χ0v) is 17.8. The van der Waals surface area contributed by atoms with Crippen molar-refractivity contribution in [2.24, 2.45) is 0 Å². The molecule has 1 atom stereocenters. The van der Waals surface area contributed by atoms with Crippen molar-refractivity contribution >= 4 is 10.0 Å². The summed E-state index contributed by atoms with van der Waals surface area (Å²) in [5.41, 5.74) is 3.61. The Morgan fingerprint density at radius 2 is 1.76 bits per heavy atom. The summed E-state index contributed by atoms with van der Waals surface area (Å²) in [5.74, 6) is 0. The van der Waals surface area contributed by atoms with Crippen molar-refractivity contribution in [3.8, 4) is 0 Å². The molecule has 0 saturated heterocycles. The molecule has 2 aromatic rings. The fourth-order valence-corrected chi connectivity index (χ4v) is 4.48. The van der Waals surface area contributed by atoms with Gasteiger partial charge in [-0.25, -0.2) is 13.1 Å². The van der Waals surface area contributed by atoms with E-state index in [1.165, 1.54) is 5.57 Å². The molecule has 154 valence electrons. The molecule has 0 unspecified atom stereocenters. The molecule has 0 aromatic heterocycles. The first-order valence-corrected chi connectivity index (χ1v) is 11.7. The van der Waals surface area contributed by atoms with E-state index >= 15 is 0 Å². The fraction of sp³-hybridized carbons (Fsp3) is 0.333. The van der Waals surface area contributed by atoms with Gasteiger partial charge in [-0.1, -0.05) is 71.8 Å². The summed E-state index contributed by atoms with van der Waals surface area (Å²) in [7, 11) is -3.53. The largest absolute Gasteiger partial charge is 0.309 e. The molecule has 2 aromatic carbocycles. The van der Waals surface area contributed by atoms with Crippen LogP contribution in [0.5, 0.6) is 0 Å². The third-order valence-corrected chi connectivity index (χ3v) is 6.60. The van der Waals surface area contributed by atoms with Crippen LogP contribution in [0.2, 0.25) is 0 Å². The van der Waals surface area contributed by atoms with Crippen LogP contribution in [0, 0.1) is 6.92 Å². The van der Waals surface area contributed by atoms with Crippen LogP contribution in [0.4, 0.5) is 0 Å². The minimum atomic E-state index is -3.53. The average molecular weight is 411 g/mol. The van der Waals surface area contributed by atoms with Gasteiger partial charge in [-0.3, -0.25) is 0 Å². The van der Waals surface area contributed by atoms with Crippen LogP contribution in [0.25, 0.3) is 0 Å². The van der Waals surface area contributed by atoms with E-state index < -0.39 is 10.0 Å². The third-order valence-electron chi connectivity index (χ3n) is 5.17. The quantitative estimate of drug-likeness (QED) is 0.442. The van der Waals surface area contributed by atoms with E-state index in [4.69, 9.17) is 0 Å². The molecule has 0 saturated carbocycles. The molecule has 1 aliphatic carbocycles. The monoisotopic (exact) mass is 410 g/mol. The molecule has 4 nitrogen and oxygen atoms in total. The summed E-state index contributed by atoms with van der Waals surface area (Å²) < 4.78 is 28.1. The molecule has 0 heterocycles. The average Bonchev–Trinajstić information content (AvgIpc) is 2.75. The highest BCUT2D eigenvalue weighted by Crippen LogP contribution is 2.18. The predicted molar refractivity (Wildman–Crippen MR) is 119 cm³/mol. The zero-order chi connectivity index (χ0) is 20.5. The molecular formula is C24H30N2O2S. The normalized spacial score (nSPS) is 15.1. The lowest BCUT2D eigenvalue weighted by Gasteiger charge is -2.20.